The second kappa shape index (κ2) is 6.84. The molecule has 5 nitrogen and oxygen atoms in total. The highest BCUT2D eigenvalue weighted by Crippen LogP contribution is 2.09. The van der Waals surface area contributed by atoms with Gasteiger partial charge in [-0.1, -0.05) is 6.07 Å². The Morgan fingerprint density at radius 2 is 2.39 bits per heavy atom. The van der Waals surface area contributed by atoms with Gasteiger partial charge in [-0.2, -0.15) is 0 Å². The smallest absolute Gasteiger partial charge is 0.237 e. The third-order valence-electron chi connectivity index (χ3n) is 2.53. The molecular weight excluding hydrogens is 252 g/mol. The molecule has 0 fully saturated rings. The first-order valence-electron chi connectivity index (χ1n) is 5.75. The molecule has 1 aromatic rings. The Morgan fingerprint density at radius 3 is 2.94 bits per heavy atom. The summed E-state index contributed by atoms with van der Waals surface area (Å²) in [5.74, 6) is -0.450. The van der Waals surface area contributed by atoms with Crippen LogP contribution in [0.5, 0.6) is 0 Å². The van der Waals surface area contributed by atoms with Gasteiger partial charge in [0, 0.05) is 11.4 Å². The Kier molecular flexibility index (Phi) is 5.74. The molecule has 0 aliphatic rings. The molecule has 1 amide bonds. The third-order valence-corrected chi connectivity index (χ3v) is 3.38. The molecule has 1 aromatic heterocycles. The van der Waals surface area contributed by atoms with Crippen LogP contribution in [0.1, 0.15) is 18.7 Å². The van der Waals surface area contributed by atoms with Crippen LogP contribution in [0.15, 0.2) is 17.5 Å². The van der Waals surface area contributed by atoms with Crippen molar-refractivity contribution in [3.63, 3.8) is 0 Å². The van der Waals surface area contributed by atoms with Gasteiger partial charge in [0.2, 0.25) is 5.91 Å². The van der Waals surface area contributed by atoms with Crippen molar-refractivity contribution in [3.05, 3.63) is 22.4 Å². The average molecular weight is 272 g/mol. The molecule has 18 heavy (non-hydrogen) atoms. The molecule has 0 saturated heterocycles. The van der Waals surface area contributed by atoms with Gasteiger partial charge in [0.05, 0.1) is 24.9 Å². The predicted octanol–water partition coefficient (Wildman–Crippen LogP) is 0.479. The Balaban J connectivity index is 2.18. The molecule has 1 unspecified atom stereocenters. The molecule has 1 atom stereocenters. The number of aliphatic hydroxyl groups is 1. The van der Waals surface area contributed by atoms with Crippen LogP contribution in [0, 0.1) is 0 Å². The quantitative estimate of drug-likeness (QED) is 0.642. The van der Waals surface area contributed by atoms with Crippen LogP contribution >= 0.6 is 11.3 Å². The molecule has 0 bridgehead atoms. The number of carbonyl (C=O) groups excluding carboxylic acids is 1. The zero-order valence-electron chi connectivity index (χ0n) is 10.7. The van der Waals surface area contributed by atoms with Gasteiger partial charge in [-0.3, -0.25) is 4.79 Å². The molecular formula is C12H20N2O3S. The van der Waals surface area contributed by atoms with Gasteiger partial charge in [0.15, 0.2) is 0 Å². The summed E-state index contributed by atoms with van der Waals surface area (Å²) in [7, 11) is 0. The summed E-state index contributed by atoms with van der Waals surface area (Å²) < 4.78 is 5.37. The van der Waals surface area contributed by atoms with Crippen LogP contribution in [-0.2, 0) is 16.1 Å². The van der Waals surface area contributed by atoms with Crippen molar-refractivity contribution in [1.29, 1.82) is 0 Å². The lowest BCUT2D eigenvalue weighted by Gasteiger charge is -2.24. The molecule has 6 heteroatoms. The number of carbonyl (C=O) groups is 1. The Hall–Kier alpha value is -0.950. The maximum absolute atomic E-state index is 11.1. The first kappa shape index (κ1) is 15.1. The van der Waals surface area contributed by atoms with Crippen LogP contribution in [0.25, 0.3) is 0 Å². The highest BCUT2D eigenvalue weighted by atomic mass is 32.1. The van der Waals surface area contributed by atoms with Crippen molar-refractivity contribution in [2.45, 2.75) is 32.1 Å². The van der Waals surface area contributed by atoms with Gasteiger partial charge in [-0.25, -0.2) is 0 Å². The highest BCUT2D eigenvalue weighted by Gasteiger charge is 2.24. The molecule has 1 heterocycles. The fourth-order valence-corrected chi connectivity index (χ4v) is 1.85. The molecule has 4 N–H and O–H groups in total. The number of thiophene rings is 1. The van der Waals surface area contributed by atoms with E-state index in [1.165, 1.54) is 0 Å². The predicted molar refractivity (Wildman–Crippen MR) is 71.3 cm³/mol. The summed E-state index contributed by atoms with van der Waals surface area (Å²) in [5, 5.41) is 14.6. The van der Waals surface area contributed by atoms with Crippen LogP contribution in [-0.4, -0.2) is 35.8 Å². The number of ether oxygens (including phenoxy) is 1. The monoisotopic (exact) mass is 272 g/mol. The average Bonchev–Trinajstić information content (AvgIpc) is 2.79. The van der Waals surface area contributed by atoms with Gasteiger partial charge < -0.3 is 20.9 Å². The lowest BCUT2D eigenvalue weighted by molar-refractivity contribution is -0.123. The largest absolute Gasteiger partial charge is 0.389 e. The Morgan fingerprint density at radius 1 is 1.67 bits per heavy atom. The second-order valence-electron chi connectivity index (χ2n) is 4.62. The minimum absolute atomic E-state index is 0.222. The number of primary amides is 1. The van der Waals surface area contributed by atoms with E-state index in [1.54, 1.807) is 25.2 Å². The van der Waals surface area contributed by atoms with Crippen molar-refractivity contribution >= 4 is 17.2 Å². The van der Waals surface area contributed by atoms with E-state index in [2.05, 4.69) is 5.32 Å². The summed E-state index contributed by atoms with van der Waals surface area (Å²) in [6.45, 7) is 4.33. The molecule has 102 valence electrons. The highest BCUT2D eigenvalue weighted by molar-refractivity contribution is 7.09. The first-order chi connectivity index (χ1) is 8.42. The van der Waals surface area contributed by atoms with Gasteiger partial charge in [-0.05, 0) is 25.3 Å². The Labute approximate surface area is 111 Å². The van der Waals surface area contributed by atoms with E-state index in [1.807, 2.05) is 17.5 Å². The van der Waals surface area contributed by atoms with E-state index in [4.69, 9.17) is 10.5 Å². The topological polar surface area (TPSA) is 84.6 Å². The van der Waals surface area contributed by atoms with Crippen molar-refractivity contribution in [3.8, 4) is 0 Å². The zero-order chi connectivity index (χ0) is 13.6. The minimum atomic E-state index is -0.825. The minimum Gasteiger partial charge on any atom is -0.389 e. The van der Waals surface area contributed by atoms with E-state index in [-0.39, 0.29) is 13.2 Å². The van der Waals surface area contributed by atoms with Crippen LogP contribution in [0.3, 0.4) is 0 Å². The molecule has 0 aliphatic carbocycles. The maximum Gasteiger partial charge on any atom is 0.237 e. The number of nitrogens with one attached hydrogen (secondary N) is 1. The molecule has 0 radical (unpaired) electrons. The number of amides is 1. The van der Waals surface area contributed by atoms with E-state index in [9.17, 15) is 9.90 Å². The summed E-state index contributed by atoms with van der Waals surface area (Å²) in [5.41, 5.74) is 4.38. The van der Waals surface area contributed by atoms with Crippen molar-refractivity contribution in [2.75, 3.05) is 13.2 Å². The standard InChI is InChI=1S/C12H20N2O3S/c1-12(2,11(13)16)14-6-9(15)7-17-8-10-4-3-5-18-10/h3-5,9,14-15H,6-8H2,1-2H3,(H2,13,16). The summed E-state index contributed by atoms with van der Waals surface area (Å²) in [4.78, 5) is 12.2. The fraction of sp³-hybridized carbons (Fsp3) is 0.583. The lowest BCUT2D eigenvalue weighted by atomic mass is 10.1. The SMILES string of the molecule is CC(C)(NCC(O)COCc1cccs1)C(N)=O. The molecule has 0 aliphatic heterocycles. The zero-order valence-corrected chi connectivity index (χ0v) is 11.5. The van der Waals surface area contributed by atoms with E-state index in [0.29, 0.717) is 6.61 Å². The van der Waals surface area contributed by atoms with Crippen LogP contribution in [0.2, 0.25) is 0 Å². The Bertz CT molecular complexity index is 365. The third kappa shape index (κ3) is 5.14. The van der Waals surface area contributed by atoms with Crippen molar-refractivity contribution < 1.29 is 14.6 Å². The van der Waals surface area contributed by atoms with Crippen molar-refractivity contribution in [1.82, 2.24) is 5.32 Å². The van der Waals surface area contributed by atoms with E-state index >= 15 is 0 Å². The number of hydrogen-bond acceptors (Lipinski definition) is 5. The number of rotatable bonds is 8. The van der Waals surface area contributed by atoms with Gasteiger partial charge >= 0.3 is 0 Å². The second-order valence-corrected chi connectivity index (χ2v) is 5.65. The van der Waals surface area contributed by atoms with Gasteiger partial charge in [0.25, 0.3) is 0 Å². The van der Waals surface area contributed by atoms with Gasteiger partial charge in [-0.15, -0.1) is 11.3 Å². The number of aliphatic hydroxyl groups excluding tert-OH is 1. The van der Waals surface area contributed by atoms with Crippen LogP contribution in [0.4, 0.5) is 0 Å². The van der Waals surface area contributed by atoms with Gasteiger partial charge in [0.1, 0.15) is 0 Å². The molecule has 0 saturated carbocycles. The molecule has 0 aromatic carbocycles. The maximum atomic E-state index is 11.1. The summed E-state index contributed by atoms with van der Waals surface area (Å²) in [6, 6.07) is 3.93. The molecule has 1 rings (SSSR count). The van der Waals surface area contributed by atoms with E-state index in [0.717, 1.165) is 4.88 Å². The van der Waals surface area contributed by atoms with E-state index < -0.39 is 17.6 Å². The number of hydrogen-bond donors (Lipinski definition) is 3. The van der Waals surface area contributed by atoms with Crippen molar-refractivity contribution in [2.24, 2.45) is 5.73 Å². The fourth-order valence-electron chi connectivity index (χ4n) is 1.21. The normalized spacial score (nSPS) is 13.5. The number of β-amino-alcohol motifs (C(OH)–C–C–N with tert-alkyl or cyclic N) is 1. The summed E-state index contributed by atoms with van der Waals surface area (Å²) in [6.07, 6.45) is -0.663. The molecule has 0 spiro atoms. The number of nitrogens with two attached hydrogens (primary N) is 1. The first-order valence-corrected chi connectivity index (χ1v) is 6.63. The lowest BCUT2D eigenvalue weighted by Crippen LogP contribution is -2.53. The summed E-state index contributed by atoms with van der Waals surface area (Å²) >= 11 is 1.61. The van der Waals surface area contributed by atoms with Crippen LogP contribution < -0.4 is 11.1 Å².